The van der Waals surface area contributed by atoms with E-state index in [1.807, 2.05) is 24.3 Å². The van der Waals surface area contributed by atoms with Crippen molar-refractivity contribution in [3.63, 3.8) is 0 Å². The molecule has 2 N–H and O–H groups in total. The van der Waals surface area contributed by atoms with Gasteiger partial charge in [0.05, 0.1) is 5.02 Å². The number of rotatable bonds is 2. The summed E-state index contributed by atoms with van der Waals surface area (Å²) in [4.78, 5) is 4.59. The number of hydrogen-bond acceptors (Lipinski definition) is 3. The number of halogens is 1. The van der Waals surface area contributed by atoms with Gasteiger partial charge in [0.15, 0.2) is 5.82 Å². The first-order chi connectivity index (χ1) is 8.84. The fourth-order valence-electron chi connectivity index (χ4n) is 2.32. The summed E-state index contributed by atoms with van der Waals surface area (Å²) >= 11 is 6.15. The molecule has 1 aliphatic heterocycles. The van der Waals surface area contributed by atoms with Crippen molar-refractivity contribution in [2.75, 3.05) is 13.1 Å². The van der Waals surface area contributed by atoms with E-state index in [9.17, 15) is 0 Å². The summed E-state index contributed by atoms with van der Waals surface area (Å²) in [5, 5.41) is 11.4. The average Bonchev–Trinajstić information content (AvgIpc) is 2.90. The quantitative estimate of drug-likeness (QED) is 0.875. The van der Waals surface area contributed by atoms with Gasteiger partial charge in [-0.15, -0.1) is 0 Å². The Morgan fingerprint density at radius 3 is 2.72 bits per heavy atom. The molecule has 5 heteroatoms. The van der Waals surface area contributed by atoms with Gasteiger partial charge in [0.1, 0.15) is 5.82 Å². The van der Waals surface area contributed by atoms with Crippen LogP contribution in [0.1, 0.15) is 24.6 Å². The second-order valence-electron chi connectivity index (χ2n) is 4.55. The predicted octanol–water partition coefficient (Wildman–Crippen LogP) is 2.59. The number of benzene rings is 1. The molecule has 1 saturated heterocycles. The van der Waals surface area contributed by atoms with Gasteiger partial charge in [0, 0.05) is 11.5 Å². The van der Waals surface area contributed by atoms with Crippen LogP contribution in [0, 0.1) is 0 Å². The molecule has 3 rings (SSSR count). The van der Waals surface area contributed by atoms with Crippen molar-refractivity contribution >= 4 is 11.6 Å². The lowest BCUT2D eigenvalue weighted by atomic mass is 9.98. The molecular weight excluding hydrogens is 248 g/mol. The van der Waals surface area contributed by atoms with Gasteiger partial charge in [0.2, 0.25) is 0 Å². The maximum Gasteiger partial charge on any atom is 0.182 e. The van der Waals surface area contributed by atoms with Gasteiger partial charge < -0.3 is 5.32 Å². The van der Waals surface area contributed by atoms with Gasteiger partial charge in [-0.1, -0.05) is 23.7 Å². The lowest BCUT2D eigenvalue weighted by Crippen LogP contribution is -2.27. The first-order valence-electron chi connectivity index (χ1n) is 6.22. The van der Waals surface area contributed by atoms with Gasteiger partial charge in [-0.2, -0.15) is 5.10 Å². The van der Waals surface area contributed by atoms with E-state index >= 15 is 0 Å². The first kappa shape index (κ1) is 11.7. The summed E-state index contributed by atoms with van der Waals surface area (Å²) < 4.78 is 0. The van der Waals surface area contributed by atoms with Crippen LogP contribution >= 0.6 is 11.6 Å². The number of hydrogen-bond donors (Lipinski definition) is 2. The fourth-order valence-corrected chi connectivity index (χ4v) is 2.54. The van der Waals surface area contributed by atoms with Crippen LogP contribution in [0.15, 0.2) is 24.3 Å². The molecule has 0 aliphatic carbocycles. The van der Waals surface area contributed by atoms with E-state index < -0.39 is 0 Å². The van der Waals surface area contributed by atoms with E-state index in [-0.39, 0.29) is 0 Å². The molecule has 18 heavy (non-hydrogen) atoms. The molecule has 0 spiro atoms. The summed E-state index contributed by atoms with van der Waals surface area (Å²) in [5.41, 5.74) is 0.885. The highest BCUT2D eigenvalue weighted by Crippen LogP contribution is 2.27. The topological polar surface area (TPSA) is 53.6 Å². The van der Waals surface area contributed by atoms with Crippen LogP contribution in [-0.2, 0) is 0 Å². The number of nitrogens with one attached hydrogen (secondary N) is 2. The fraction of sp³-hybridized carbons (Fsp3) is 0.385. The minimum absolute atomic E-state index is 0.481. The molecule has 0 radical (unpaired) electrons. The lowest BCUT2D eigenvalue weighted by Gasteiger charge is -2.19. The van der Waals surface area contributed by atoms with E-state index in [2.05, 4.69) is 20.5 Å². The van der Waals surface area contributed by atoms with E-state index in [4.69, 9.17) is 11.6 Å². The summed E-state index contributed by atoms with van der Waals surface area (Å²) in [6.07, 6.45) is 2.22. The lowest BCUT2D eigenvalue weighted by molar-refractivity contribution is 0.446. The van der Waals surface area contributed by atoms with Crippen LogP contribution in [-0.4, -0.2) is 28.3 Å². The number of aromatic nitrogens is 3. The molecule has 0 atom stereocenters. The molecule has 4 nitrogen and oxygen atoms in total. The minimum Gasteiger partial charge on any atom is -0.317 e. The summed E-state index contributed by atoms with van der Waals surface area (Å²) in [6.45, 7) is 2.10. The molecule has 1 aromatic heterocycles. The zero-order valence-electron chi connectivity index (χ0n) is 9.99. The molecule has 0 bridgehead atoms. The molecule has 1 aromatic carbocycles. The Morgan fingerprint density at radius 1 is 1.17 bits per heavy atom. The highest BCUT2D eigenvalue weighted by Gasteiger charge is 2.19. The second-order valence-corrected chi connectivity index (χ2v) is 4.96. The number of piperidine rings is 1. The summed E-state index contributed by atoms with van der Waals surface area (Å²) in [6, 6.07) is 7.66. The van der Waals surface area contributed by atoms with Crippen LogP contribution in [0.5, 0.6) is 0 Å². The normalized spacial score (nSPS) is 16.9. The maximum atomic E-state index is 6.15. The summed E-state index contributed by atoms with van der Waals surface area (Å²) in [5.74, 6) is 2.15. The highest BCUT2D eigenvalue weighted by molar-refractivity contribution is 6.33. The molecule has 94 valence electrons. The zero-order chi connectivity index (χ0) is 12.4. The Balaban J connectivity index is 1.87. The molecule has 1 aliphatic rings. The van der Waals surface area contributed by atoms with Crippen molar-refractivity contribution in [2.45, 2.75) is 18.8 Å². The Bertz CT molecular complexity index is 531. The van der Waals surface area contributed by atoms with Crippen LogP contribution < -0.4 is 5.32 Å². The SMILES string of the molecule is Clc1ccccc1-c1n[nH]c(C2CCNCC2)n1. The third-order valence-electron chi connectivity index (χ3n) is 3.34. The molecule has 1 fully saturated rings. The van der Waals surface area contributed by atoms with Crippen molar-refractivity contribution in [1.82, 2.24) is 20.5 Å². The molecule has 0 amide bonds. The minimum atomic E-state index is 0.481. The van der Waals surface area contributed by atoms with Crippen LogP contribution in [0.3, 0.4) is 0 Å². The first-order valence-corrected chi connectivity index (χ1v) is 6.60. The number of nitrogens with zero attached hydrogens (tertiary/aromatic N) is 2. The van der Waals surface area contributed by atoms with E-state index in [1.54, 1.807) is 0 Å². The van der Waals surface area contributed by atoms with Crippen molar-refractivity contribution in [3.05, 3.63) is 35.1 Å². The second kappa shape index (κ2) is 5.08. The molecule has 2 heterocycles. The van der Waals surface area contributed by atoms with Gasteiger partial charge >= 0.3 is 0 Å². The van der Waals surface area contributed by atoms with Crippen LogP contribution in [0.4, 0.5) is 0 Å². The monoisotopic (exact) mass is 262 g/mol. The largest absolute Gasteiger partial charge is 0.317 e. The van der Waals surface area contributed by atoms with Crippen molar-refractivity contribution in [3.8, 4) is 11.4 Å². The van der Waals surface area contributed by atoms with E-state index in [1.165, 1.54) is 0 Å². The van der Waals surface area contributed by atoms with Gasteiger partial charge in [-0.25, -0.2) is 4.98 Å². The zero-order valence-corrected chi connectivity index (χ0v) is 10.7. The van der Waals surface area contributed by atoms with E-state index in [0.717, 1.165) is 37.3 Å². The van der Waals surface area contributed by atoms with Gasteiger partial charge in [-0.3, -0.25) is 5.10 Å². The van der Waals surface area contributed by atoms with Crippen molar-refractivity contribution in [2.24, 2.45) is 0 Å². The highest BCUT2D eigenvalue weighted by atomic mass is 35.5. The molecule has 2 aromatic rings. The predicted molar refractivity (Wildman–Crippen MR) is 71.7 cm³/mol. The Kier molecular flexibility index (Phi) is 3.30. The number of aromatic amines is 1. The summed E-state index contributed by atoms with van der Waals surface area (Å²) in [7, 11) is 0. The average molecular weight is 263 g/mol. The van der Waals surface area contributed by atoms with Gasteiger partial charge in [-0.05, 0) is 38.1 Å². The van der Waals surface area contributed by atoms with Crippen LogP contribution in [0.25, 0.3) is 11.4 Å². The van der Waals surface area contributed by atoms with Crippen molar-refractivity contribution < 1.29 is 0 Å². The van der Waals surface area contributed by atoms with E-state index in [0.29, 0.717) is 16.8 Å². The third-order valence-corrected chi connectivity index (χ3v) is 3.67. The van der Waals surface area contributed by atoms with Crippen molar-refractivity contribution in [1.29, 1.82) is 0 Å². The third kappa shape index (κ3) is 2.26. The van der Waals surface area contributed by atoms with Gasteiger partial charge in [0.25, 0.3) is 0 Å². The molecular formula is C13H15ClN4. The Hall–Kier alpha value is -1.39. The standard InChI is InChI=1S/C13H15ClN4/c14-11-4-2-1-3-10(11)13-16-12(17-18-13)9-5-7-15-8-6-9/h1-4,9,15H,5-8H2,(H,16,17,18). The smallest absolute Gasteiger partial charge is 0.182 e. The maximum absolute atomic E-state index is 6.15. The molecule has 0 unspecified atom stereocenters. The molecule has 0 saturated carbocycles. The Morgan fingerprint density at radius 2 is 1.94 bits per heavy atom. The van der Waals surface area contributed by atoms with Crippen LogP contribution in [0.2, 0.25) is 5.02 Å². The Labute approximate surface area is 111 Å². The number of H-pyrrole nitrogens is 1.